The van der Waals surface area contributed by atoms with Crippen LogP contribution in [0.2, 0.25) is 10.0 Å². The van der Waals surface area contributed by atoms with E-state index >= 15 is 0 Å². The number of hydrogen-bond donors (Lipinski definition) is 0. The van der Waals surface area contributed by atoms with E-state index in [0.717, 1.165) is 26.1 Å². The van der Waals surface area contributed by atoms with E-state index in [-0.39, 0.29) is 6.04 Å². The van der Waals surface area contributed by atoms with Gasteiger partial charge in [-0.25, -0.2) is 0 Å². The Kier molecular flexibility index (Phi) is 4.68. The van der Waals surface area contributed by atoms with Crippen LogP contribution in [0.25, 0.3) is 0 Å². The predicted octanol–water partition coefficient (Wildman–Crippen LogP) is 5.85. The number of hydrogen-bond acceptors (Lipinski definition) is 2. The molecule has 2 aromatic heterocycles. The van der Waals surface area contributed by atoms with E-state index in [2.05, 4.69) is 50.7 Å². The van der Waals surface area contributed by atoms with E-state index < -0.39 is 0 Å². The zero-order chi connectivity index (χ0) is 16.5. The Bertz CT molecular complexity index is 826. The number of aryl methyl sites for hydroxylation is 1. The zero-order valence-corrected chi connectivity index (χ0v) is 15.5. The van der Waals surface area contributed by atoms with Crippen LogP contribution in [-0.2, 0) is 13.1 Å². The number of benzene rings is 1. The molecule has 4 rings (SSSR count). The third-order valence-electron chi connectivity index (χ3n) is 4.58. The maximum absolute atomic E-state index is 6.31. The van der Waals surface area contributed by atoms with Crippen LogP contribution in [0.3, 0.4) is 0 Å². The van der Waals surface area contributed by atoms with E-state index in [1.54, 1.807) is 11.3 Å². The van der Waals surface area contributed by atoms with Crippen molar-refractivity contribution in [1.29, 1.82) is 0 Å². The van der Waals surface area contributed by atoms with Gasteiger partial charge in [-0.2, -0.15) is 11.3 Å². The van der Waals surface area contributed by atoms with Crippen molar-refractivity contribution in [2.24, 2.45) is 0 Å². The maximum atomic E-state index is 6.31. The summed E-state index contributed by atoms with van der Waals surface area (Å²) < 4.78 is 2.36. The van der Waals surface area contributed by atoms with E-state index in [9.17, 15) is 0 Å². The minimum absolute atomic E-state index is 0.192. The first kappa shape index (κ1) is 16.2. The molecule has 124 valence electrons. The molecule has 3 aromatic rings. The highest BCUT2D eigenvalue weighted by atomic mass is 35.5. The van der Waals surface area contributed by atoms with Crippen LogP contribution in [0, 0.1) is 0 Å². The van der Waals surface area contributed by atoms with Gasteiger partial charge in [-0.3, -0.25) is 4.90 Å². The van der Waals surface area contributed by atoms with Crippen molar-refractivity contribution >= 4 is 34.5 Å². The van der Waals surface area contributed by atoms with Gasteiger partial charge in [0.1, 0.15) is 0 Å². The summed E-state index contributed by atoms with van der Waals surface area (Å²) in [6.45, 7) is 3.06. The van der Waals surface area contributed by atoms with Crippen LogP contribution in [0.5, 0.6) is 0 Å². The fourth-order valence-electron chi connectivity index (χ4n) is 3.49. The summed E-state index contributed by atoms with van der Waals surface area (Å²) in [4.78, 5) is 2.54. The molecule has 0 N–H and O–H groups in total. The van der Waals surface area contributed by atoms with Crippen molar-refractivity contribution in [3.8, 4) is 0 Å². The highest BCUT2D eigenvalue weighted by Gasteiger charge is 2.27. The highest BCUT2D eigenvalue weighted by Crippen LogP contribution is 2.35. The Hall–Kier alpha value is -1.26. The van der Waals surface area contributed by atoms with Gasteiger partial charge in [-0.05, 0) is 58.6 Å². The molecule has 5 heteroatoms. The van der Waals surface area contributed by atoms with Gasteiger partial charge in [-0.1, -0.05) is 29.3 Å². The molecule has 24 heavy (non-hydrogen) atoms. The second kappa shape index (κ2) is 6.93. The molecule has 1 aliphatic heterocycles. The first-order chi connectivity index (χ1) is 11.7. The van der Waals surface area contributed by atoms with Gasteiger partial charge in [0.2, 0.25) is 0 Å². The molecule has 0 saturated heterocycles. The molecule has 1 atom stereocenters. The molecule has 0 radical (unpaired) electrons. The minimum Gasteiger partial charge on any atom is -0.350 e. The number of thiophene rings is 1. The third-order valence-corrected chi connectivity index (χ3v) is 6.05. The molecule has 3 heterocycles. The first-order valence-electron chi connectivity index (χ1n) is 8.07. The van der Waals surface area contributed by atoms with Crippen LogP contribution in [0.1, 0.15) is 29.3 Å². The van der Waals surface area contributed by atoms with Gasteiger partial charge >= 0.3 is 0 Å². The van der Waals surface area contributed by atoms with Gasteiger partial charge in [-0.15, -0.1) is 0 Å². The fraction of sp³-hybridized carbons (Fsp3) is 0.263. The first-order valence-corrected chi connectivity index (χ1v) is 9.77. The number of nitrogens with zero attached hydrogens (tertiary/aromatic N) is 2. The zero-order valence-electron chi connectivity index (χ0n) is 13.2. The smallest absolute Gasteiger partial charge is 0.0759 e. The SMILES string of the molecule is Clc1ccc(C2c3cccn3CCCN2Cc2ccsc2)cc1Cl. The maximum Gasteiger partial charge on any atom is 0.0759 e. The quantitative estimate of drug-likeness (QED) is 0.556. The molecule has 0 aliphatic carbocycles. The summed E-state index contributed by atoms with van der Waals surface area (Å²) in [6, 6.07) is 12.8. The standard InChI is InChI=1S/C19H18Cl2N2S/c20-16-5-4-15(11-17(16)21)19-18-3-1-7-22(18)8-2-9-23(19)12-14-6-10-24-13-14/h1,3-7,10-11,13,19H,2,8-9,12H2. The van der Waals surface area contributed by atoms with Gasteiger partial charge in [0.05, 0.1) is 16.1 Å². The Morgan fingerprint density at radius 3 is 2.79 bits per heavy atom. The molecule has 0 amide bonds. The van der Waals surface area contributed by atoms with E-state index in [0.29, 0.717) is 10.0 Å². The summed E-state index contributed by atoms with van der Waals surface area (Å²) in [6.07, 6.45) is 3.32. The average Bonchev–Trinajstić information content (AvgIpc) is 3.21. The van der Waals surface area contributed by atoms with Crippen molar-refractivity contribution in [2.45, 2.75) is 25.6 Å². The average molecular weight is 377 g/mol. The molecule has 1 unspecified atom stereocenters. The largest absolute Gasteiger partial charge is 0.350 e. The van der Waals surface area contributed by atoms with Gasteiger partial charge in [0, 0.05) is 31.5 Å². The van der Waals surface area contributed by atoms with Gasteiger partial charge < -0.3 is 4.57 Å². The summed E-state index contributed by atoms with van der Waals surface area (Å²) in [5.41, 5.74) is 3.88. The van der Waals surface area contributed by atoms with E-state index in [1.807, 2.05) is 12.1 Å². The summed E-state index contributed by atoms with van der Waals surface area (Å²) >= 11 is 14.2. The van der Waals surface area contributed by atoms with Crippen LogP contribution in [0.4, 0.5) is 0 Å². The fourth-order valence-corrected chi connectivity index (χ4v) is 4.46. The lowest BCUT2D eigenvalue weighted by Gasteiger charge is -2.30. The molecule has 1 aliphatic rings. The minimum atomic E-state index is 0.192. The lowest BCUT2D eigenvalue weighted by Crippen LogP contribution is -2.29. The second-order valence-corrected chi connectivity index (χ2v) is 7.75. The Morgan fingerprint density at radius 2 is 2.00 bits per heavy atom. The highest BCUT2D eigenvalue weighted by molar-refractivity contribution is 7.07. The summed E-state index contributed by atoms with van der Waals surface area (Å²) in [7, 11) is 0. The Labute approximate surface area is 156 Å². The van der Waals surface area contributed by atoms with Gasteiger partial charge in [0.25, 0.3) is 0 Å². The van der Waals surface area contributed by atoms with Crippen LogP contribution >= 0.6 is 34.5 Å². The van der Waals surface area contributed by atoms with Gasteiger partial charge in [0.15, 0.2) is 0 Å². The monoisotopic (exact) mass is 376 g/mol. The van der Waals surface area contributed by atoms with Crippen LogP contribution < -0.4 is 0 Å². The molecular weight excluding hydrogens is 359 g/mol. The lowest BCUT2D eigenvalue weighted by atomic mass is 10.0. The van der Waals surface area contributed by atoms with Crippen molar-refractivity contribution in [2.75, 3.05) is 6.54 Å². The van der Waals surface area contributed by atoms with Crippen molar-refractivity contribution in [3.63, 3.8) is 0 Å². The van der Waals surface area contributed by atoms with Crippen molar-refractivity contribution in [1.82, 2.24) is 9.47 Å². The topological polar surface area (TPSA) is 8.17 Å². The van der Waals surface area contributed by atoms with Crippen molar-refractivity contribution in [3.05, 3.63) is 80.2 Å². The van der Waals surface area contributed by atoms with Crippen LogP contribution in [0.15, 0.2) is 53.4 Å². The number of rotatable bonds is 3. The Morgan fingerprint density at radius 1 is 1.08 bits per heavy atom. The number of fused-ring (bicyclic) bond motifs is 1. The second-order valence-electron chi connectivity index (χ2n) is 6.16. The molecule has 0 bridgehead atoms. The molecule has 2 nitrogen and oxygen atoms in total. The number of halogens is 2. The molecule has 0 saturated carbocycles. The molecule has 0 fully saturated rings. The van der Waals surface area contributed by atoms with Crippen LogP contribution in [-0.4, -0.2) is 16.0 Å². The lowest BCUT2D eigenvalue weighted by molar-refractivity contribution is 0.220. The predicted molar refractivity (Wildman–Crippen MR) is 102 cm³/mol. The summed E-state index contributed by atoms with van der Waals surface area (Å²) in [5, 5.41) is 5.60. The molecule has 1 aromatic carbocycles. The normalized spacial score (nSPS) is 18.3. The van der Waals surface area contributed by atoms with Crippen molar-refractivity contribution < 1.29 is 0 Å². The van der Waals surface area contributed by atoms with E-state index in [1.165, 1.54) is 16.8 Å². The Balaban J connectivity index is 1.77. The summed E-state index contributed by atoms with van der Waals surface area (Å²) in [5.74, 6) is 0. The molecular formula is C19H18Cl2N2S. The van der Waals surface area contributed by atoms with E-state index in [4.69, 9.17) is 23.2 Å². The molecule has 0 spiro atoms. The third kappa shape index (κ3) is 3.14. The number of aromatic nitrogens is 1.